The van der Waals surface area contributed by atoms with Crippen LogP contribution in [0.25, 0.3) is 77.0 Å². The number of hydrogen-bond acceptors (Lipinski definition) is 6. The minimum absolute atomic E-state index is 0.550. The van der Waals surface area contributed by atoms with Crippen LogP contribution in [0.2, 0.25) is 0 Å². The number of hydrogen-bond donors (Lipinski definition) is 0. The number of anilines is 3. The Morgan fingerprint density at radius 1 is 0.477 bits per heavy atom. The van der Waals surface area contributed by atoms with Gasteiger partial charge in [-0.2, -0.15) is 0 Å². The van der Waals surface area contributed by atoms with Gasteiger partial charge in [-0.3, -0.25) is 9.88 Å². The molecule has 0 saturated heterocycles. The van der Waals surface area contributed by atoms with Crippen molar-refractivity contribution in [2.75, 3.05) is 4.90 Å². The molecular formula is C38H21N5O. The fraction of sp³-hybridized carbons (Fsp3) is 0. The van der Waals surface area contributed by atoms with Gasteiger partial charge in [-0.15, -0.1) is 0 Å². The third-order valence-corrected chi connectivity index (χ3v) is 8.66. The number of rotatable bonds is 2. The highest BCUT2D eigenvalue weighted by molar-refractivity contribution is 6.19. The molecule has 9 aromatic rings. The number of pyridine rings is 2. The molecule has 0 aliphatic carbocycles. The number of fused-ring (bicyclic) bond motifs is 8. The summed E-state index contributed by atoms with van der Waals surface area (Å²) < 4.78 is 6.27. The summed E-state index contributed by atoms with van der Waals surface area (Å²) in [6, 6.07) is 41.2. The smallest absolute Gasteiger partial charge is 0.237 e. The Morgan fingerprint density at radius 3 is 2.09 bits per heavy atom. The van der Waals surface area contributed by atoms with E-state index in [1.165, 1.54) is 0 Å². The maximum absolute atomic E-state index is 6.27. The molecule has 0 atom stereocenters. The van der Waals surface area contributed by atoms with E-state index in [1.807, 2.05) is 72.9 Å². The highest BCUT2D eigenvalue weighted by Crippen LogP contribution is 2.50. The van der Waals surface area contributed by atoms with Crippen molar-refractivity contribution < 1.29 is 4.42 Å². The van der Waals surface area contributed by atoms with Crippen LogP contribution in [-0.4, -0.2) is 19.9 Å². The van der Waals surface area contributed by atoms with E-state index in [4.69, 9.17) is 24.4 Å². The third kappa shape index (κ3) is 3.14. The van der Waals surface area contributed by atoms with Crippen LogP contribution in [0.4, 0.5) is 17.5 Å². The monoisotopic (exact) mass is 563 g/mol. The molecule has 204 valence electrons. The van der Waals surface area contributed by atoms with Crippen molar-refractivity contribution in [3.63, 3.8) is 0 Å². The summed E-state index contributed by atoms with van der Waals surface area (Å²) in [4.78, 5) is 22.8. The van der Waals surface area contributed by atoms with Gasteiger partial charge in [0.2, 0.25) is 5.95 Å². The SMILES string of the molecule is c1ccc2c(c1)-c1nccc3c1c(nc1ccccc13)N2c1nc(-c2cccc3oc4ccccc4c23)c2ccccc2n1. The predicted octanol–water partition coefficient (Wildman–Crippen LogP) is 9.74. The lowest BCUT2D eigenvalue weighted by Crippen LogP contribution is -2.19. The molecule has 10 rings (SSSR count). The lowest BCUT2D eigenvalue weighted by atomic mass is 9.96. The summed E-state index contributed by atoms with van der Waals surface area (Å²) in [6.07, 6.45) is 1.89. The van der Waals surface area contributed by atoms with Gasteiger partial charge in [-0.1, -0.05) is 84.9 Å². The van der Waals surface area contributed by atoms with Crippen molar-refractivity contribution in [1.82, 2.24) is 19.9 Å². The van der Waals surface area contributed by atoms with Gasteiger partial charge in [-0.05, 0) is 41.8 Å². The Balaban J connectivity index is 1.33. The molecule has 0 N–H and O–H groups in total. The molecule has 6 heteroatoms. The number of para-hydroxylation sites is 4. The molecule has 1 aliphatic heterocycles. The van der Waals surface area contributed by atoms with Crippen LogP contribution < -0.4 is 4.90 Å². The standard InChI is InChI=1S/C38H21N5O/c1-5-15-28-22(10-1)23-20-21-39-36-25-12-3-7-17-30(25)43(37(40-28)34(23)36)38-41-29-16-6-2-11-24(29)35(42-38)27-14-9-19-32-33(27)26-13-4-8-18-31(26)44-32/h1-21H. The molecule has 0 radical (unpaired) electrons. The summed E-state index contributed by atoms with van der Waals surface area (Å²) in [5, 5.41) is 6.25. The molecule has 0 saturated carbocycles. The van der Waals surface area contributed by atoms with Gasteiger partial charge >= 0.3 is 0 Å². The van der Waals surface area contributed by atoms with Crippen LogP contribution in [0.5, 0.6) is 0 Å². The van der Waals surface area contributed by atoms with Crippen molar-refractivity contribution in [1.29, 1.82) is 0 Å². The predicted molar refractivity (Wildman–Crippen MR) is 177 cm³/mol. The topological polar surface area (TPSA) is 67.9 Å². The van der Waals surface area contributed by atoms with Crippen molar-refractivity contribution in [3.8, 4) is 22.5 Å². The molecule has 44 heavy (non-hydrogen) atoms. The van der Waals surface area contributed by atoms with Crippen molar-refractivity contribution in [3.05, 3.63) is 128 Å². The third-order valence-electron chi connectivity index (χ3n) is 8.66. The zero-order chi connectivity index (χ0) is 28.8. The second-order valence-electron chi connectivity index (χ2n) is 11.1. The quantitative estimate of drug-likeness (QED) is 0.195. The number of benzene rings is 5. The molecule has 0 unspecified atom stereocenters. The first-order valence-electron chi connectivity index (χ1n) is 14.6. The Hall–Kier alpha value is -6.14. The molecule has 5 heterocycles. The second kappa shape index (κ2) is 8.69. The van der Waals surface area contributed by atoms with Gasteiger partial charge in [0.05, 0.1) is 33.5 Å². The summed E-state index contributed by atoms with van der Waals surface area (Å²) >= 11 is 0. The molecule has 1 aliphatic rings. The van der Waals surface area contributed by atoms with E-state index < -0.39 is 0 Å². The molecule has 0 fully saturated rings. The average Bonchev–Trinajstić information content (AvgIpc) is 3.47. The molecular weight excluding hydrogens is 542 g/mol. The normalized spacial score (nSPS) is 12.5. The van der Waals surface area contributed by atoms with Crippen LogP contribution in [-0.2, 0) is 0 Å². The van der Waals surface area contributed by atoms with Crippen molar-refractivity contribution in [2.24, 2.45) is 0 Å². The van der Waals surface area contributed by atoms with Crippen molar-refractivity contribution in [2.45, 2.75) is 0 Å². The van der Waals surface area contributed by atoms with E-state index in [0.717, 1.165) is 88.5 Å². The number of nitrogens with zero attached hydrogens (tertiary/aromatic N) is 5. The van der Waals surface area contributed by atoms with E-state index in [9.17, 15) is 0 Å². The van der Waals surface area contributed by atoms with Crippen LogP contribution >= 0.6 is 0 Å². The van der Waals surface area contributed by atoms with Crippen LogP contribution in [0.1, 0.15) is 0 Å². The molecule has 0 amide bonds. The average molecular weight is 564 g/mol. The fourth-order valence-corrected chi connectivity index (χ4v) is 6.77. The minimum atomic E-state index is 0.550. The Bertz CT molecular complexity index is 2640. The summed E-state index contributed by atoms with van der Waals surface area (Å²) in [6.45, 7) is 0. The first kappa shape index (κ1) is 23.4. The van der Waals surface area contributed by atoms with Crippen LogP contribution in [0.15, 0.2) is 132 Å². The number of aromatic nitrogens is 4. The number of furan rings is 1. The maximum atomic E-state index is 6.27. The van der Waals surface area contributed by atoms with Gasteiger partial charge in [-0.25, -0.2) is 15.0 Å². The van der Waals surface area contributed by atoms with E-state index in [-0.39, 0.29) is 0 Å². The lowest BCUT2D eigenvalue weighted by Gasteiger charge is -2.31. The van der Waals surface area contributed by atoms with E-state index in [2.05, 4.69) is 59.5 Å². The largest absolute Gasteiger partial charge is 0.456 e. The van der Waals surface area contributed by atoms with Gasteiger partial charge in [0.25, 0.3) is 0 Å². The van der Waals surface area contributed by atoms with E-state index >= 15 is 0 Å². The first-order chi connectivity index (χ1) is 21.8. The molecule has 0 bridgehead atoms. The molecule has 5 aromatic carbocycles. The zero-order valence-electron chi connectivity index (χ0n) is 23.3. The second-order valence-corrected chi connectivity index (χ2v) is 11.1. The summed E-state index contributed by atoms with van der Waals surface area (Å²) in [7, 11) is 0. The molecule has 6 nitrogen and oxygen atoms in total. The highest BCUT2D eigenvalue weighted by Gasteiger charge is 2.31. The van der Waals surface area contributed by atoms with Gasteiger partial charge in [0.1, 0.15) is 11.2 Å². The fourth-order valence-electron chi connectivity index (χ4n) is 6.77. The first-order valence-corrected chi connectivity index (χ1v) is 14.6. The Kier molecular flexibility index (Phi) is 4.63. The Morgan fingerprint density at radius 2 is 1.18 bits per heavy atom. The lowest BCUT2D eigenvalue weighted by molar-refractivity contribution is 0.669. The van der Waals surface area contributed by atoms with E-state index in [1.54, 1.807) is 0 Å². The summed E-state index contributed by atoms with van der Waals surface area (Å²) in [5.74, 6) is 1.32. The van der Waals surface area contributed by atoms with Crippen LogP contribution in [0, 0.1) is 0 Å². The minimum Gasteiger partial charge on any atom is -0.456 e. The van der Waals surface area contributed by atoms with E-state index in [0.29, 0.717) is 5.95 Å². The maximum Gasteiger partial charge on any atom is 0.237 e. The Labute approximate surface area is 250 Å². The van der Waals surface area contributed by atoms with Gasteiger partial charge < -0.3 is 4.42 Å². The molecule has 4 aromatic heterocycles. The zero-order valence-corrected chi connectivity index (χ0v) is 23.3. The molecule has 0 spiro atoms. The highest BCUT2D eigenvalue weighted by atomic mass is 16.3. The summed E-state index contributed by atoms with van der Waals surface area (Å²) in [5.41, 5.74) is 8.15. The van der Waals surface area contributed by atoms with Gasteiger partial charge in [0, 0.05) is 38.9 Å². The van der Waals surface area contributed by atoms with Crippen LogP contribution in [0.3, 0.4) is 0 Å². The van der Waals surface area contributed by atoms with Gasteiger partial charge in [0.15, 0.2) is 5.82 Å². The van der Waals surface area contributed by atoms with Crippen molar-refractivity contribution >= 4 is 72.0 Å².